The maximum Gasteiger partial charge on any atom is 0.237 e. The average molecular weight is 386 g/mol. The van der Waals surface area contributed by atoms with E-state index in [-0.39, 0.29) is 24.1 Å². The summed E-state index contributed by atoms with van der Waals surface area (Å²) in [6.07, 6.45) is 3.28. The van der Waals surface area contributed by atoms with Crippen LogP contribution in [0, 0.1) is 5.82 Å². The van der Waals surface area contributed by atoms with E-state index in [1.807, 2.05) is 11.0 Å². The first kappa shape index (κ1) is 19.8. The zero-order chi connectivity index (χ0) is 19.8. The van der Waals surface area contributed by atoms with Crippen LogP contribution in [0.4, 0.5) is 4.39 Å². The molecule has 2 amide bonds. The summed E-state index contributed by atoms with van der Waals surface area (Å²) < 4.78 is 18.9. The molecule has 1 fully saturated rings. The molecular formula is C20H23FN4O3. The molecular weight excluding hydrogens is 363 g/mol. The van der Waals surface area contributed by atoms with Crippen molar-refractivity contribution in [3.05, 3.63) is 60.2 Å². The van der Waals surface area contributed by atoms with E-state index in [9.17, 15) is 14.0 Å². The molecule has 148 valence electrons. The summed E-state index contributed by atoms with van der Waals surface area (Å²) in [5.41, 5.74) is 0.768. The number of aromatic nitrogens is 1. The van der Waals surface area contributed by atoms with Crippen LogP contribution in [0.5, 0.6) is 5.75 Å². The van der Waals surface area contributed by atoms with Gasteiger partial charge in [0.2, 0.25) is 11.8 Å². The molecule has 2 aromatic rings. The van der Waals surface area contributed by atoms with Crippen molar-refractivity contribution >= 4 is 11.8 Å². The number of benzene rings is 1. The fourth-order valence-electron chi connectivity index (χ4n) is 3.08. The number of halogens is 1. The van der Waals surface area contributed by atoms with Gasteiger partial charge in [0.1, 0.15) is 18.2 Å². The maximum absolute atomic E-state index is 13.4. The van der Waals surface area contributed by atoms with Crippen LogP contribution in [-0.2, 0) is 16.1 Å². The van der Waals surface area contributed by atoms with Gasteiger partial charge in [-0.2, -0.15) is 0 Å². The second-order valence-electron chi connectivity index (χ2n) is 6.50. The molecule has 0 radical (unpaired) electrons. The Morgan fingerprint density at radius 2 is 2.25 bits per heavy atom. The minimum absolute atomic E-state index is 0.0358. The van der Waals surface area contributed by atoms with Gasteiger partial charge in [-0.1, -0.05) is 12.1 Å². The monoisotopic (exact) mass is 386 g/mol. The predicted octanol–water partition coefficient (Wildman–Crippen LogP) is 1.11. The number of nitrogens with one attached hydrogen (secondary N) is 2. The van der Waals surface area contributed by atoms with Crippen molar-refractivity contribution in [3.63, 3.8) is 0 Å². The Hall–Kier alpha value is -3.00. The molecule has 0 bridgehead atoms. The second-order valence-corrected chi connectivity index (χ2v) is 6.50. The number of ether oxygens (including phenoxy) is 1. The summed E-state index contributed by atoms with van der Waals surface area (Å²) in [5.74, 6) is -0.114. The SMILES string of the molecule is O=C(CC1C(=O)NCCN1Cc1cccc(F)c1)NCCOc1cccnc1. The Bertz CT molecular complexity index is 803. The van der Waals surface area contributed by atoms with Crippen LogP contribution in [0.2, 0.25) is 0 Å². The van der Waals surface area contributed by atoms with E-state index in [1.165, 1.54) is 12.1 Å². The number of hydrogen-bond donors (Lipinski definition) is 2. The third-order valence-electron chi connectivity index (χ3n) is 4.42. The van der Waals surface area contributed by atoms with E-state index in [0.717, 1.165) is 5.56 Å². The Balaban J connectivity index is 1.49. The van der Waals surface area contributed by atoms with Crippen molar-refractivity contribution in [3.8, 4) is 5.75 Å². The van der Waals surface area contributed by atoms with Crippen LogP contribution in [0.1, 0.15) is 12.0 Å². The van der Waals surface area contributed by atoms with Gasteiger partial charge in [-0.15, -0.1) is 0 Å². The number of carbonyl (C=O) groups is 2. The molecule has 0 saturated carbocycles. The summed E-state index contributed by atoms with van der Waals surface area (Å²) in [4.78, 5) is 30.4. The molecule has 3 rings (SSSR count). The lowest BCUT2D eigenvalue weighted by molar-refractivity contribution is -0.134. The number of nitrogens with zero attached hydrogens (tertiary/aromatic N) is 2. The molecule has 1 aliphatic heterocycles. The lowest BCUT2D eigenvalue weighted by Crippen LogP contribution is -2.56. The number of pyridine rings is 1. The number of carbonyl (C=O) groups excluding carboxylic acids is 2. The third-order valence-corrected chi connectivity index (χ3v) is 4.42. The summed E-state index contributed by atoms with van der Waals surface area (Å²) >= 11 is 0. The van der Waals surface area contributed by atoms with Crippen LogP contribution in [-0.4, -0.2) is 54.0 Å². The van der Waals surface area contributed by atoms with Gasteiger partial charge in [0.15, 0.2) is 0 Å². The third kappa shape index (κ3) is 5.75. The van der Waals surface area contributed by atoms with Crippen molar-refractivity contribution in [2.45, 2.75) is 19.0 Å². The minimum atomic E-state index is -0.587. The molecule has 0 spiro atoms. The van der Waals surface area contributed by atoms with Gasteiger partial charge in [-0.05, 0) is 29.8 Å². The first-order valence-corrected chi connectivity index (χ1v) is 9.17. The van der Waals surface area contributed by atoms with Gasteiger partial charge in [-0.3, -0.25) is 19.5 Å². The van der Waals surface area contributed by atoms with E-state index < -0.39 is 6.04 Å². The van der Waals surface area contributed by atoms with Crippen LogP contribution in [0.25, 0.3) is 0 Å². The Morgan fingerprint density at radius 1 is 1.36 bits per heavy atom. The zero-order valence-electron chi connectivity index (χ0n) is 15.4. The molecule has 1 aliphatic rings. The van der Waals surface area contributed by atoms with E-state index in [4.69, 9.17) is 4.74 Å². The topological polar surface area (TPSA) is 83.6 Å². The highest BCUT2D eigenvalue weighted by atomic mass is 19.1. The molecule has 1 aromatic heterocycles. The number of amides is 2. The number of piperazine rings is 1. The average Bonchev–Trinajstić information content (AvgIpc) is 2.69. The lowest BCUT2D eigenvalue weighted by atomic mass is 10.1. The lowest BCUT2D eigenvalue weighted by Gasteiger charge is -2.34. The fourth-order valence-corrected chi connectivity index (χ4v) is 3.08. The van der Waals surface area contributed by atoms with Crippen molar-refractivity contribution in [1.82, 2.24) is 20.5 Å². The van der Waals surface area contributed by atoms with Crippen LogP contribution >= 0.6 is 0 Å². The highest BCUT2D eigenvalue weighted by molar-refractivity contribution is 5.88. The van der Waals surface area contributed by atoms with Crippen molar-refractivity contribution in [2.75, 3.05) is 26.2 Å². The van der Waals surface area contributed by atoms with Crippen molar-refractivity contribution in [2.24, 2.45) is 0 Å². The maximum atomic E-state index is 13.4. The summed E-state index contributed by atoms with van der Waals surface area (Å²) in [6.45, 7) is 2.15. The van der Waals surface area contributed by atoms with Crippen molar-refractivity contribution in [1.29, 1.82) is 0 Å². The van der Waals surface area contributed by atoms with Crippen LogP contribution < -0.4 is 15.4 Å². The van der Waals surface area contributed by atoms with E-state index in [1.54, 1.807) is 30.6 Å². The number of rotatable bonds is 8. The first-order chi connectivity index (χ1) is 13.6. The standard InChI is InChI=1S/C20H23FN4O3/c21-16-4-1-3-15(11-16)14-25-9-7-24-20(27)18(25)12-19(26)23-8-10-28-17-5-2-6-22-13-17/h1-6,11,13,18H,7-10,12,14H2,(H,23,26)(H,24,27). The largest absolute Gasteiger partial charge is 0.490 e. The predicted molar refractivity (Wildman–Crippen MR) is 101 cm³/mol. The summed E-state index contributed by atoms with van der Waals surface area (Å²) in [7, 11) is 0. The van der Waals surface area contributed by atoms with Gasteiger partial charge in [-0.25, -0.2) is 4.39 Å². The molecule has 0 aliphatic carbocycles. The number of hydrogen-bond acceptors (Lipinski definition) is 5. The second kappa shape index (κ2) is 9.80. The van der Waals surface area contributed by atoms with Gasteiger partial charge in [0.25, 0.3) is 0 Å². The molecule has 1 atom stereocenters. The normalized spacial score (nSPS) is 17.0. The van der Waals surface area contributed by atoms with Gasteiger partial charge >= 0.3 is 0 Å². The summed E-state index contributed by atoms with van der Waals surface area (Å²) in [6, 6.07) is 9.23. The molecule has 2 N–H and O–H groups in total. The van der Waals surface area contributed by atoms with Gasteiger partial charge < -0.3 is 15.4 Å². The molecule has 8 heteroatoms. The molecule has 1 aromatic carbocycles. The van der Waals surface area contributed by atoms with E-state index >= 15 is 0 Å². The van der Waals surface area contributed by atoms with Crippen LogP contribution in [0.15, 0.2) is 48.8 Å². The Kier molecular flexibility index (Phi) is 6.91. The fraction of sp³-hybridized carbons (Fsp3) is 0.350. The Morgan fingerprint density at radius 3 is 3.04 bits per heavy atom. The molecule has 2 heterocycles. The van der Waals surface area contributed by atoms with Gasteiger partial charge in [0, 0.05) is 25.8 Å². The molecule has 28 heavy (non-hydrogen) atoms. The molecule has 7 nitrogen and oxygen atoms in total. The first-order valence-electron chi connectivity index (χ1n) is 9.17. The zero-order valence-corrected chi connectivity index (χ0v) is 15.4. The van der Waals surface area contributed by atoms with E-state index in [2.05, 4.69) is 15.6 Å². The molecule has 1 unspecified atom stereocenters. The summed E-state index contributed by atoms with van der Waals surface area (Å²) in [5, 5.41) is 5.55. The smallest absolute Gasteiger partial charge is 0.237 e. The van der Waals surface area contributed by atoms with Gasteiger partial charge in [0.05, 0.1) is 25.2 Å². The highest BCUT2D eigenvalue weighted by Crippen LogP contribution is 2.15. The molecule has 1 saturated heterocycles. The highest BCUT2D eigenvalue weighted by Gasteiger charge is 2.31. The van der Waals surface area contributed by atoms with Crippen molar-refractivity contribution < 1.29 is 18.7 Å². The minimum Gasteiger partial charge on any atom is -0.490 e. The van der Waals surface area contributed by atoms with Crippen LogP contribution in [0.3, 0.4) is 0 Å². The van der Waals surface area contributed by atoms with E-state index in [0.29, 0.717) is 38.5 Å². The quantitative estimate of drug-likeness (QED) is 0.664. The Labute approximate surface area is 162 Å².